The van der Waals surface area contributed by atoms with Crippen molar-refractivity contribution in [2.75, 3.05) is 7.05 Å². The van der Waals surface area contributed by atoms with E-state index >= 15 is 0 Å². The summed E-state index contributed by atoms with van der Waals surface area (Å²) < 4.78 is 41.9. The normalized spacial score (nSPS) is 12.0. The number of imidazole rings is 1. The lowest BCUT2D eigenvalue weighted by Crippen LogP contribution is -2.20. The van der Waals surface area contributed by atoms with Crippen molar-refractivity contribution >= 4 is 11.6 Å². The lowest BCUT2D eigenvalue weighted by molar-refractivity contribution is -0.274. The minimum absolute atomic E-state index is 0.227. The molecular formula is C14H15ClF3N3O. The Hall–Kier alpha value is -1.73. The molecule has 0 spiro atoms. The third-order valence-corrected chi connectivity index (χ3v) is 3.40. The summed E-state index contributed by atoms with van der Waals surface area (Å²) in [6.07, 6.45) is -3.09. The molecule has 1 aromatic carbocycles. The molecule has 0 saturated heterocycles. The van der Waals surface area contributed by atoms with Gasteiger partial charge >= 0.3 is 6.36 Å². The molecule has 2 rings (SSSR count). The SMILES string of the molecule is CN(Cc1ccc(OC(F)(F)F)cc1)Cc1ncc(Cl)n1C. The van der Waals surface area contributed by atoms with Gasteiger partial charge < -0.3 is 9.30 Å². The summed E-state index contributed by atoms with van der Waals surface area (Å²) in [6, 6.07) is 5.80. The minimum atomic E-state index is -4.67. The summed E-state index contributed by atoms with van der Waals surface area (Å²) in [6.45, 7) is 1.14. The van der Waals surface area contributed by atoms with Gasteiger partial charge in [0.15, 0.2) is 0 Å². The molecule has 0 saturated carbocycles. The molecular weight excluding hydrogens is 319 g/mol. The van der Waals surface area contributed by atoms with Crippen molar-refractivity contribution in [3.05, 3.63) is 47.0 Å². The highest BCUT2D eigenvalue weighted by molar-refractivity contribution is 6.29. The molecule has 120 valence electrons. The molecule has 2 aromatic rings. The van der Waals surface area contributed by atoms with Gasteiger partial charge in [-0.15, -0.1) is 13.2 Å². The Balaban J connectivity index is 1.94. The molecule has 0 aliphatic rings. The van der Waals surface area contributed by atoms with Gasteiger partial charge in [0.05, 0.1) is 12.7 Å². The van der Waals surface area contributed by atoms with E-state index in [0.29, 0.717) is 18.2 Å². The van der Waals surface area contributed by atoms with Gasteiger partial charge in [0.2, 0.25) is 0 Å². The third kappa shape index (κ3) is 4.64. The van der Waals surface area contributed by atoms with Crippen LogP contribution in [-0.2, 0) is 20.1 Å². The lowest BCUT2D eigenvalue weighted by Gasteiger charge is -2.17. The molecule has 1 heterocycles. The molecule has 0 fully saturated rings. The van der Waals surface area contributed by atoms with Gasteiger partial charge in [0, 0.05) is 13.6 Å². The van der Waals surface area contributed by atoms with Crippen molar-refractivity contribution in [3.63, 3.8) is 0 Å². The molecule has 0 aliphatic carbocycles. The van der Waals surface area contributed by atoms with Gasteiger partial charge in [-0.1, -0.05) is 23.7 Å². The van der Waals surface area contributed by atoms with E-state index in [1.54, 1.807) is 22.9 Å². The van der Waals surface area contributed by atoms with Crippen molar-refractivity contribution < 1.29 is 17.9 Å². The number of rotatable bonds is 5. The average Bonchev–Trinajstić information content (AvgIpc) is 2.71. The summed E-state index contributed by atoms with van der Waals surface area (Å²) in [5.74, 6) is 0.583. The van der Waals surface area contributed by atoms with E-state index in [1.807, 2.05) is 19.0 Å². The first-order valence-electron chi connectivity index (χ1n) is 6.44. The molecule has 0 unspecified atom stereocenters. The van der Waals surface area contributed by atoms with E-state index in [1.165, 1.54) is 12.1 Å². The number of alkyl halides is 3. The van der Waals surface area contributed by atoms with Gasteiger partial charge in [-0.25, -0.2) is 4.98 Å². The Morgan fingerprint density at radius 2 is 1.86 bits per heavy atom. The summed E-state index contributed by atoms with van der Waals surface area (Å²) in [5, 5.41) is 0.553. The van der Waals surface area contributed by atoms with Crippen molar-refractivity contribution in [2.45, 2.75) is 19.5 Å². The van der Waals surface area contributed by atoms with Crippen LogP contribution in [0.5, 0.6) is 5.75 Å². The summed E-state index contributed by atoms with van der Waals surface area (Å²) in [4.78, 5) is 6.18. The van der Waals surface area contributed by atoms with Gasteiger partial charge in [-0.05, 0) is 24.7 Å². The highest BCUT2D eigenvalue weighted by atomic mass is 35.5. The van der Waals surface area contributed by atoms with E-state index in [9.17, 15) is 13.2 Å². The number of halogens is 4. The molecule has 0 aliphatic heterocycles. The zero-order valence-electron chi connectivity index (χ0n) is 12.1. The smallest absolute Gasteiger partial charge is 0.406 e. The number of hydrogen-bond donors (Lipinski definition) is 0. The molecule has 0 bridgehead atoms. The van der Waals surface area contributed by atoms with Crippen LogP contribution in [-0.4, -0.2) is 27.9 Å². The molecule has 4 nitrogen and oxygen atoms in total. The van der Waals surface area contributed by atoms with Crippen LogP contribution < -0.4 is 4.74 Å². The maximum atomic E-state index is 12.1. The van der Waals surface area contributed by atoms with E-state index in [4.69, 9.17) is 11.6 Å². The summed E-state index contributed by atoms with van der Waals surface area (Å²) in [5.41, 5.74) is 0.873. The number of ether oxygens (including phenoxy) is 1. The molecule has 8 heteroatoms. The fraction of sp³-hybridized carbons (Fsp3) is 0.357. The molecule has 22 heavy (non-hydrogen) atoms. The second-order valence-corrected chi connectivity index (χ2v) is 5.31. The van der Waals surface area contributed by atoms with Crippen LogP contribution in [0.15, 0.2) is 30.5 Å². The monoisotopic (exact) mass is 333 g/mol. The maximum Gasteiger partial charge on any atom is 0.573 e. The van der Waals surface area contributed by atoms with Crippen LogP contribution in [0.2, 0.25) is 5.15 Å². The van der Waals surface area contributed by atoms with Gasteiger partial charge in [-0.2, -0.15) is 0 Å². The van der Waals surface area contributed by atoms with Gasteiger partial charge in [0.25, 0.3) is 0 Å². The largest absolute Gasteiger partial charge is 0.573 e. The van der Waals surface area contributed by atoms with E-state index in [-0.39, 0.29) is 5.75 Å². The Morgan fingerprint density at radius 1 is 1.23 bits per heavy atom. The molecule has 0 atom stereocenters. The van der Waals surface area contributed by atoms with Crippen LogP contribution in [0, 0.1) is 0 Å². The molecule has 0 amide bonds. The minimum Gasteiger partial charge on any atom is -0.406 e. The molecule has 0 radical (unpaired) electrons. The molecule has 0 N–H and O–H groups in total. The maximum absolute atomic E-state index is 12.1. The van der Waals surface area contributed by atoms with Crippen molar-refractivity contribution in [3.8, 4) is 5.75 Å². The number of hydrogen-bond acceptors (Lipinski definition) is 3. The zero-order valence-corrected chi connectivity index (χ0v) is 12.8. The van der Waals surface area contributed by atoms with E-state index in [0.717, 1.165) is 11.4 Å². The van der Waals surface area contributed by atoms with Crippen molar-refractivity contribution in [1.82, 2.24) is 14.5 Å². The number of benzene rings is 1. The fourth-order valence-electron chi connectivity index (χ4n) is 1.98. The van der Waals surface area contributed by atoms with Crippen LogP contribution in [0.4, 0.5) is 13.2 Å². The zero-order chi connectivity index (χ0) is 16.3. The highest BCUT2D eigenvalue weighted by Crippen LogP contribution is 2.23. The first-order chi connectivity index (χ1) is 10.2. The first-order valence-corrected chi connectivity index (χ1v) is 6.82. The lowest BCUT2D eigenvalue weighted by atomic mass is 10.2. The Bertz CT molecular complexity index is 625. The van der Waals surface area contributed by atoms with Crippen LogP contribution >= 0.6 is 11.6 Å². The molecule has 1 aromatic heterocycles. The second kappa shape index (κ2) is 6.58. The topological polar surface area (TPSA) is 30.3 Å². The fourth-order valence-corrected chi connectivity index (χ4v) is 2.12. The summed E-state index contributed by atoms with van der Waals surface area (Å²) in [7, 11) is 3.71. The predicted octanol–water partition coefficient (Wildman–Crippen LogP) is 3.60. The van der Waals surface area contributed by atoms with E-state index < -0.39 is 6.36 Å². The van der Waals surface area contributed by atoms with Crippen LogP contribution in [0.25, 0.3) is 0 Å². The van der Waals surface area contributed by atoms with E-state index in [2.05, 4.69) is 9.72 Å². The van der Waals surface area contributed by atoms with Crippen LogP contribution in [0.3, 0.4) is 0 Å². The van der Waals surface area contributed by atoms with Gasteiger partial charge in [0.1, 0.15) is 16.7 Å². The Labute approximate surface area is 131 Å². The quantitative estimate of drug-likeness (QED) is 0.837. The Kier molecular flexibility index (Phi) is 4.97. The number of aromatic nitrogens is 2. The predicted molar refractivity (Wildman–Crippen MR) is 76.5 cm³/mol. The highest BCUT2D eigenvalue weighted by Gasteiger charge is 2.30. The average molecular weight is 334 g/mol. The third-order valence-electron chi connectivity index (χ3n) is 3.05. The first kappa shape index (κ1) is 16.6. The summed E-state index contributed by atoms with van der Waals surface area (Å²) >= 11 is 5.92. The van der Waals surface area contributed by atoms with Crippen LogP contribution in [0.1, 0.15) is 11.4 Å². The standard InChI is InChI=1S/C14H15ClF3N3O/c1-20(9-13-19-7-12(15)21(13)2)8-10-3-5-11(6-4-10)22-14(16,17)18/h3-7H,8-9H2,1-2H3. The van der Waals surface area contributed by atoms with Crippen molar-refractivity contribution in [2.24, 2.45) is 7.05 Å². The number of nitrogens with zero attached hydrogens (tertiary/aromatic N) is 3. The van der Waals surface area contributed by atoms with Gasteiger partial charge in [-0.3, -0.25) is 4.90 Å². The van der Waals surface area contributed by atoms with Crippen molar-refractivity contribution in [1.29, 1.82) is 0 Å². The second-order valence-electron chi connectivity index (χ2n) is 4.92. The Morgan fingerprint density at radius 3 is 2.36 bits per heavy atom.